The lowest BCUT2D eigenvalue weighted by molar-refractivity contribution is 0.0509. The van der Waals surface area contributed by atoms with E-state index < -0.39 is 11.8 Å². The minimum Gasteiger partial charge on any atom is -0.462 e. The van der Waals surface area contributed by atoms with Crippen molar-refractivity contribution in [2.75, 3.05) is 12.3 Å². The number of benzene rings is 2. The molecular weight excluding hydrogens is 257 g/mol. The Morgan fingerprint density at radius 1 is 1.25 bits per heavy atom. The van der Waals surface area contributed by atoms with Crippen molar-refractivity contribution in [3.63, 3.8) is 0 Å². The summed E-state index contributed by atoms with van der Waals surface area (Å²) in [7, 11) is 0. The molecular formula is C16H16FNO2. The number of rotatable bonds is 4. The second-order valence-electron chi connectivity index (χ2n) is 4.54. The first-order chi connectivity index (χ1) is 9.58. The quantitative estimate of drug-likeness (QED) is 0.688. The summed E-state index contributed by atoms with van der Waals surface area (Å²) >= 11 is 0. The third-order valence-corrected chi connectivity index (χ3v) is 3.09. The predicted molar refractivity (Wildman–Crippen MR) is 76.0 cm³/mol. The molecule has 0 aliphatic heterocycles. The van der Waals surface area contributed by atoms with Gasteiger partial charge < -0.3 is 10.5 Å². The van der Waals surface area contributed by atoms with Crippen molar-refractivity contribution in [1.82, 2.24) is 0 Å². The van der Waals surface area contributed by atoms with E-state index in [0.29, 0.717) is 12.0 Å². The van der Waals surface area contributed by atoms with Crippen molar-refractivity contribution in [1.29, 1.82) is 0 Å². The van der Waals surface area contributed by atoms with Crippen LogP contribution in [0.3, 0.4) is 0 Å². The van der Waals surface area contributed by atoms with Gasteiger partial charge in [0.1, 0.15) is 5.82 Å². The predicted octanol–water partition coefficient (Wildman–Crippen LogP) is 3.12. The minimum atomic E-state index is -0.563. The molecule has 0 amide bonds. The van der Waals surface area contributed by atoms with Gasteiger partial charge in [0.2, 0.25) is 0 Å². The van der Waals surface area contributed by atoms with E-state index in [9.17, 15) is 9.18 Å². The van der Waals surface area contributed by atoms with Crippen molar-refractivity contribution in [3.05, 3.63) is 65.0 Å². The van der Waals surface area contributed by atoms with E-state index in [-0.39, 0.29) is 17.9 Å². The first-order valence-corrected chi connectivity index (χ1v) is 6.34. The number of carbonyl (C=O) groups is 1. The molecule has 0 fully saturated rings. The van der Waals surface area contributed by atoms with E-state index >= 15 is 0 Å². The largest absolute Gasteiger partial charge is 0.462 e. The van der Waals surface area contributed by atoms with Crippen molar-refractivity contribution >= 4 is 11.7 Å². The van der Waals surface area contributed by atoms with E-state index in [0.717, 1.165) is 11.6 Å². The Bertz CT molecular complexity index is 588. The third-order valence-electron chi connectivity index (χ3n) is 3.09. The van der Waals surface area contributed by atoms with Crippen LogP contribution < -0.4 is 5.73 Å². The molecule has 104 valence electrons. The van der Waals surface area contributed by atoms with Crippen molar-refractivity contribution < 1.29 is 13.9 Å². The molecule has 0 spiro atoms. The monoisotopic (exact) mass is 273 g/mol. The van der Waals surface area contributed by atoms with Crippen LogP contribution in [0.25, 0.3) is 0 Å². The maximum atomic E-state index is 13.5. The summed E-state index contributed by atoms with van der Waals surface area (Å²) in [6.07, 6.45) is 0.621. The fourth-order valence-electron chi connectivity index (χ4n) is 1.81. The standard InChI is InChI=1S/C16H16FNO2/c1-11-14(17)9-13(10-15(11)18)16(19)20-8-7-12-5-3-2-4-6-12/h2-6,9-10H,7-8,18H2,1H3. The molecule has 0 atom stereocenters. The number of nitrogen functional groups attached to an aromatic ring is 1. The number of anilines is 1. The summed E-state index contributed by atoms with van der Waals surface area (Å²) in [5.41, 5.74) is 7.44. The Balaban J connectivity index is 1.95. The highest BCUT2D eigenvalue weighted by Crippen LogP contribution is 2.18. The van der Waals surface area contributed by atoms with E-state index in [4.69, 9.17) is 10.5 Å². The Morgan fingerprint density at radius 2 is 1.95 bits per heavy atom. The number of hydrogen-bond acceptors (Lipinski definition) is 3. The van der Waals surface area contributed by atoms with Crippen molar-refractivity contribution in [3.8, 4) is 0 Å². The van der Waals surface area contributed by atoms with Crippen LogP contribution in [0.15, 0.2) is 42.5 Å². The van der Waals surface area contributed by atoms with Crippen LogP contribution >= 0.6 is 0 Å². The highest BCUT2D eigenvalue weighted by atomic mass is 19.1. The number of halogens is 1. The minimum absolute atomic E-state index is 0.138. The van der Waals surface area contributed by atoms with Crippen LogP contribution in [0.5, 0.6) is 0 Å². The van der Waals surface area contributed by atoms with Crippen LogP contribution in [0.4, 0.5) is 10.1 Å². The van der Waals surface area contributed by atoms with E-state index in [1.165, 1.54) is 6.07 Å². The molecule has 2 N–H and O–H groups in total. The van der Waals surface area contributed by atoms with Gasteiger partial charge in [-0.1, -0.05) is 30.3 Å². The second-order valence-corrected chi connectivity index (χ2v) is 4.54. The average molecular weight is 273 g/mol. The number of carbonyl (C=O) groups excluding carboxylic acids is 1. The third kappa shape index (κ3) is 3.35. The zero-order valence-corrected chi connectivity index (χ0v) is 11.2. The van der Waals surface area contributed by atoms with Gasteiger partial charge in [0.05, 0.1) is 12.2 Å². The van der Waals surface area contributed by atoms with Gasteiger partial charge in [-0.05, 0) is 24.6 Å². The molecule has 0 bridgehead atoms. The van der Waals surface area contributed by atoms with E-state index in [2.05, 4.69) is 0 Å². The summed E-state index contributed by atoms with van der Waals surface area (Å²) in [5, 5.41) is 0. The highest BCUT2D eigenvalue weighted by molar-refractivity contribution is 5.90. The fraction of sp³-hybridized carbons (Fsp3) is 0.188. The molecule has 0 aromatic heterocycles. The van der Waals surface area contributed by atoms with Gasteiger partial charge in [-0.25, -0.2) is 9.18 Å². The fourth-order valence-corrected chi connectivity index (χ4v) is 1.81. The molecule has 4 heteroatoms. The van der Waals surface area contributed by atoms with Crippen LogP contribution in [0.2, 0.25) is 0 Å². The van der Waals surface area contributed by atoms with E-state index in [1.807, 2.05) is 30.3 Å². The molecule has 0 radical (unpaired) electrons. The summed E-state index contributed by atoms with van der Waals surface area (Å²) in [6, 6.07) is 12.3. The lowest BCUT2D eigenvalue weighted by Gasteiger charge is -2.07. The topological polar surface area (TPSA) is 52.3 Å². The number of esters is 1. The van der Waals surface area contributed by atoms with Gasteiger partial charge in [0, 0.05) is 17.7 Å². The summed E-state index contributed by atoms with van der Waals surface area (Å²) < 4.78 is 18.6. The summed E-state index contributed by atoms with van der Waals surface area (Å²) in [6.45, 7) is 1.81. The molecule has 20 heavy (non-hydrogen) atoms. The lowest BCUT2D eigenvalue weighted by atomic mass is 10.1. The smallest absolute Gasteiger partial charge is 0.338 e. The molecule has 0 aliphatic carbocycles. The lowest BCUT2D eigenvalue weighted by Crippen LogP contribution is -2.09. The molecule has 2 rings (SSSR count). The van der Waals surface area contributed by atoms with Crippen LogP contribution in [-0.2, 0) is 11.2 Å². The number of hydrogen-bond donors (Lipinski definition) is 1. The first-order valence-electron chi connectivity index (χ1n) is 6.34. The number of ether oxygens (including phenoxy) is 1. The van der Waals surface area contributed by atoms with Crippen LogP contribution in [0.1, 0.15) is 21.5 Å². The molecule has 0 saturated heterocycles. The van der Waals surface area contributed by atoms with Gasteiger partial charge in [0.15, 0.2) is 0 Å². The molecule has 3 nitrogen and oxygen atoms in total. The van der Waals surface area contributed by atoms with Gasteiger partial charge in [-0.3, -0.25) is 0 Å². The molecule has 0 aliphatic rings. The average Bonchev–Trinajstić information content (AvgIpc) is 2.45. The Morgan fingerprint density at radius 3 is 2.60 bits per heavy atom. The maximum Gasteiger partial charge on any atom is 0.338 e. The molecule has 2 aromatic rings. The second kappa shape index (κ2) is 6.19. The van der Waals surface area contributed by atoms with Crippen LogP contribution in [0, 0.1) is 12.7 Å². The van der Waals surface area contributed by atoms with Crippen molar-refractivity contribution in [2.45, 2.75) is 13.3 Å². The first kappa shape index (κ1) is 14.1. The highest BCUT2D eigenvalue weighted by Gasteiger charge is 2.12. The SMILES string of the molecule is Cc1c(N)cc(C(=O)OCCc2ccccc2)cc1F. The maximum absolute atomic E-state index is 13.5. The van der Waals surface area contributed by atoms with Gasteiger partial charge in [0.25, 0.3) is 0 Å². The zero-order chi connectivity index (χ0) is 14.5. The van der Waals surface area contributed by atoms with Gasteiger partial charge >= 0.3 is 5.97 Å². The Hall–Kier alpha value is -2.36. The van der Waals surface area contributed by atoms with Crippen LogP contribution in [-0.4, -0.2) is 12.6 Å². The number of nitrogens with two attached hydrogens (primary N) is 1. The normalized spacial score (nSPS) is 10.3. The van der Waals surface area contributed by atoms with Crippen molar-refractivity contribution in [2.24, 2.45) is 0 Å². The molecule has 2 aromatic carbocycles. The zero-order valence-electron chi connectivity index (χ0n) is 11.2. The summed E-state index contributed by atoms with van der Waals surface area (Å²) in [4.78, 5) is 11.8. The molecule has 0 saturated carbocycles. The van der Waals surface area contributed by atoms with Gasteiger partial charge in [-0.2, -0.15) is 0 Å². The van der Waals surface area contributed by atoms with Gasteiger partial charge in [-0.15, -0.1) is 0 Å². The molecule has 0 unspecified atom stereocenters. The Kier molecular flexibility index (Phi) is 4.35. The summed E-state index contributed by atoms with van der Waals surface area (Å²) in [5.74, 6) is -1.06. The molecule has 0 heterocycles. The Labute approximate surface area is 117 Å². The van der Waals surface area contributed by atoms with E-state index in [1.54, 1.807) is 6.92 Å².